The number of aliphatic carboxylic acids is 1. The monoisotopic (exact) mass is 181 g/mol. The van der Waals surface area contributed by atoms with Gasteiger partial charge in [0.1, 0.15) is 6.04 Å². The number of carboxylic acid groups (broad SMARTS) is 1. The third-order valence-corrected chi connectivity index (χ3v) is 3.25. The van der Waals surface area contributed by atoms with Crippen LogP contribution in [0.5, 0.6) is 0 Å². The van der Waals surface area contributed by atoms with Crippen LogP contribution in [0, 0.1) is 0 Å². The predicted octanol–water partition coefficient (Wildman–Crippen LogP) is -0.311. The summed E-state index contributed by atoms with van der Waals surface area (Å²) >= 11 is 0. The van der Waals surface area contributed by atoms with Crippen molar-refractivity contribution in [1.29, 1.82) is 0 Å². The summed E-state index contributed by atoms with van der Waals surface area (Å²) in [6.07, 6.45) is -0.285. The molecule has 0 amide bonds. The lowest BCUT2D eigenvalue weighted by atomic mass is 10.4. The van der Waals surface area contributed by atoms with Gasteiger partial charge in [-0.3, -0.25) is 9.36 Å². The van der Waals surface area contributed by atoms with E-state index in [9.17, 15) is 9.36 Å². The van der Waals surface area contributed by atoms with Crippen LogP contribution in [0.25, 0.3) is 0 Å². The topological polar surface area (TPSA) is 101 Å². The summed E-state index contributed by atoms with van der Waals surface area (Å²) in [6, 6.07) is -1.23. The highest BCUT2D eigenvalue weighted by Gasteiger charge is 2.23. The summed E-state index contributed by atoms with van der Waals surface area (Å²) in [5.41, 5.74) is 5.05. The van der Waals surface area contributed by atoms with Crippen molar-refractivity contribution in [3.05, 3.63) is 0 Å². The number of carboxylic acids is 1. The summed E-state index contributed by atoms with van der Waals surface area (Å²) in [5, 5.41) is 8.28. The van der Waals surface area contributed by atoms with Crippen molar-refractivity contribution in [1.82, 2.24) is 0 Å². The number of nitrogens with two attached hydrogens (primary N) is 1. The molecule has 0 rings (SSSR count). The summed E-state index contributed by atoms with van der Waals surface area (Å²) in [4.78, 5) is 19.1. The van der Waals surface area contributed by atoms with E-state index in [2.05, 4.69) is 0 Å². The molecule has 2 unspecified atom stereocenters. The van der Waals surface area contributed by atoms with E-state index in [4.69, 9.17) is 15.7 Å². The molecular weight excluding hydrogens is 169 g/mol. The molecule has 6 heteroatoms. The van der Waals surface area contributed by atoms with E-state index >= 15 is 0 Å². The molecule has 0 saturated heterocycles. The van der Waals surface area contributed by atoms with Gasteiger partial charge >= 0.3 is 5.97 Å². The van der Waals surface area contributed by atoms with Crippen molar-refractivity contribution in [3.8, 4) is 0 Å². The molecule has 0 aromatic rings. The molecule has 0 spiro atoms. The Hall–Kier alpha value is -0.380. The highest BCUT2D eigenvalue weighted by Crippen LogP contribution is 2.39. The fraction of sp³-hybridized carbons (Fsp3) is 0.800. The van der Waals surface area contributed by atoms with E-state index < -0.39 is 19.4 Å². The molecule has 66 valence electrons. The zero-order chi connectivity index (χ0) is 9.07. The van der Waals surface area contributed by atoms with Crippen LogP contribution in [0.15, 0.2) is 0 Å². The number of carbonyl (C=O) groups is 1. The molecule has 0 fully saturated rings. The number of hydrogen-bond donors (Lipinski definition) is 3. The molecule has 0 aromatic heterocycles. The van der Waals surface area contributed by atoms with Crippen LogP contribution >= 0.6 is 7.37 Å². The molecule has 0 aliphatic rings. The van der Waals surface area contributed by atoms with E-state index in [0.717, 1.165) is 0 Å². The first kappa shape index (κ1) is 10.6. The third kappa shape index (κ3) is 4.14. The average molecular weight is 181 g/mol. The molecule has 11 heavy (non-hydrogen) atoms. The normalized spacial score (nSPS) is 18.8. The molecule has 0 aromatic carbocycles. The molecule has 0 aliphatic heterocycles. The van der Waals surface area contributed by atoms with Crippen LogP contribution in [-0.2, 0) is 9.36 Å². The highest BCUT2D eigenvalue weighted by molar-refractivity contribution is 7.58. The standard InChI is InChI=1S/C5H12NO4P/c1-2-11(9,10)3-4(6)5(7)8/h4H,2-3,6H2,1H3,(H,7,8)(H,9,10). The van der Waals surface area contributed by atoms with Gasteiger partial charge in [-0.15, -0.1) is 0 Å². The van der Waals surface area contributed by atoms with Crippen LogP contribution in [0.4, 0.5) is 0 Å². The second-order valence-electron chi connectivity index (χ2n) is 2.29. The van der Waals surface area contributed by atoms with Crippen molar-refractivity contribution in [2.75, 3.05) is 12.3 Å². The van der Waals surface area contributed by atoms with Crippen LogP contribution in [0.3, 0.4) is 0 Å². The molecule has 0 aliphatic carbocycles. The predicted molar refractivity (Wildman–Crippen MR) is 40.8 cm³/mol. The van der Waals surface area contributed by atoms with Crippen molar-refractivity contribution < 1.29 is 19.4 Å². The zero-order valence-electron chi connectivity index (χ0n) is 6.23. The van der Waals surface area contributed by atoms with Crippen LogP contribution in [0.2, 0.25) is 0 Å². The van der Waals surface area contributed by atoms with Gasteiger partial charge in [0.2, 0.25) is 7.37 Å². The minimum absolute atomic E-state index is 0.0635. The summed E-state index contributed by atoms with van der Waals surface area (Å²) < 4.78 is 10.9. The Morgan fingerprint density at radius 3 is 2.45 bits per heavy atom. The minimum atomic E-state index is -3.29. The zero-order valence-corrected chi connectivity index (χ0v) is 7.12. The van der Waals surface area contributed by atoms with E-state index in [-0.39, 0.29) is 12.3 Å². The first-order valence-corrected chi connectivity index (χ1v) is 5.21. The van der Waals surface area contributed by atoms with Crippen molar-refractivity contribution in [3.63, 3.8) is 0 Å². The van der Waals surface area contributed by atoms with E-state index in [1.54, 1.807) is 0 Å². The fourth-order valence-corrected chi connectivity index (χ4v) is 1.54. The van der Waals surface area contributed by atoms with Crippen molar-refractivity contribution in [2.45, 2.75) is 13.0 Å². The van der Waals surface area contributed by atoms with Gasteiger partial charge in [0.15, 0.2) is 0 Å². The molecule has 0 saturated carbocycles. The van der Waals surface area contributed by atoms with Gasteiger partial charge in [0.05, 0.1) is 6.16 Å². The smallest absolute Gasteiger partial charge is 0.321 e. The fourth-order valence-electron chi connectivity index (χ4n) is 0.515. The molecule has 5 nitrogen and oxygen atoms in total. The first-order valence-electron chi connectivity index (χ1n) is 3.18. The Bertz CT molecular complexity index is 193. The Balaban J connectivity index is 4.04. The second kappa shape index (κ2) is 3.85. The lowest BCUT2D eigenvalue weighted by molar-refractivity contribution is -0.138. The lowest BCUT2D eigenvalue weighted by Gasteiger charge is -2.11. The maximum absolute atomic E-state index is 10.9. The number of hydrogen-bond acceptors (Lipinski definition) is 3. The van der Waals surface area contributed by atoms with Gasteiger partial charge < -0.3 is 15.7 Å². The summed E-state index contributed by atoms with van der Waals surface area (Å²) in [7, 11) is -3.29. The summed E-state index contributed by atoms with van der Waals surface area (Å²) in [5.74, 6) is -1.24. The highest BCUT2D eigenvalue weighted by atomic mass is 31.2. The van der Waals surface area contributed by atoms with Gasteiger partial charge in [-0.2, -0.15) is 0 Å². The van der Waals surface area contributed by atoms with Gasteiger partial charge in [-0.1, -0.05) is 6.92 Å². The maximum atomic E-state index is 10.9. The minimum Gasteiger partial charge on any atom is -0.480 e. The molecule has 0 radical (unpaired) electrons. The number of rotatable bonds is 4. The van der Waals surface area contributed by atoms with Gasteiger partial charge in [0, 0.05) is 6.16 Å². The largest absolute Gasteiger partial charge is 0.480 e. The second-order valence-corrected chi connectivity index (χ2v) is 4.98. The Morgan fingerprint density at radius 2 is 2.18 bits per heavy atom. The van der Waals surface area contributed by atoms with Crippen molar-refractivity contribution in [2.24, 2.45) is 5.73 Å². The van der Waals surface area contributed by atoms with Gasteiger partial charge in [-0.05, 0) is 0 Å². The average Bonchev–Trinajstić information content (AvgIpc) is 1.87. The molecular formula is C5H12NO4P. The van der Waals surface area contributed by atoms with Gasteiger partial charge in [0.25, 0.3) is 0 Å². The maximum Gasteiger partial charge on any atom is 0.321 e. The Morgan fingerprint density at radius 1 is 1.73 bits per heavy atom. The molecule has 2 atom stereocenters. The first-order chi connectivity index (χ1) is 4.89. The third-order valence-electron chi connectivity index (χ3n) is 1.29. The lowest BCUT2D eigenvalue weighted by Crippen LogP contribution is -2.33. The Kier molecular flexibility index (Phi) is 3.72. The summed E-state index contributed by atoms with van der Waals surface area (Å²) in [6.45, 7) is 1.52. The van der Waals surface area contributed by atoms with Crippen LogP contribution in [-0.4, -0.2) is 34.3 Å². The molecule has 4 N–H and O–H groups in total. The Labute approximate surface area is 64.7 Å². The molecule has 0 heterocycles. The van der Waals surface area contributed by atoms with E-state index in [1.807, 2.05) is 0 Å². The molecule has 0 bridgehead atoms. The quantitative estimate of drug-likeness (QED) is 0.516. The van der Waals surface area contributed by atoms with E-state index in [1.165, 1.54) is 6.92 Å². The van der Waals surface area contributed by atoms with Gasteiger partial charge in [-0.25, -0.2) is 0 Å². The van der Waals surface area contributed by atoms with Crippen molar-refractivity contribution >= 4 is 13.3 Å². The van der Waals surface area contributed by atoms with E-state index in [0.29, 0.717) is 0 Å². The SMILES string of the molecule is CCP(=O)(O)CC(N)C(=O)O. The van der Waals surface area contributed by atoms with Crippen LogP contribution in [0.1, 0.15) is 6.92 Å². The van der Waals surface area contributed by atoms with Crippen LogP contribution < -0.4 is 5.73 Å².